The van der Waals surface area contributed by atoms with E-state index in [1.165, 1.54) is 17.7 Å². The van der Waals surface area contributed by atoms with Crippen LogP contribution in [0.25, 0.3) is 0 Å². The maximum absolute atomic E-state index is 12.4. The summed E-state index contributed by atoms with van der Waals surface area (Å²) in [6.45, 7) is 0. The molecule has 1 saturated carbocycles. The zero-order valence-electron chi connectivity index (χ0n) is 13.0. The molecule has 3 rings (SSSR count). The summed E-state index contributed by atoms with van der Waals surface area (Å²) in [6.07, 6.45) is 8.52. The highest BCUT2D eigenvalue weighted by molar-refractivity contribution is 7.98. The van der Waals surface area contributed by atoms with Crippen LogP contribution >= 0.6 is 11.8 Å². The van der Waals surface area contributed by atoms with Gasteiger partial charge in [0, 0.05) is 24.3 Å². The van der Waals surface area contributed by atoms with Crippen molar-refractivity contribution in [3.05, 3.63) is 48.0 Å². The second-order valence-electron chi connectivity index (χ2n) is 5.80. The predicted octanol–water partition coefficient (Wildman–Crippen LogP) is 2.95. The van der Waals surface area contributed by atoms with Gasteiger partial charge in [-0.3, -0.25) is 4.79 Å². The van der Waals surface area contributed by atoms with Gasteiger partial charge >= 0.3 is 0 Å². The average molecular weight is 315 g/mol. The monoisotopic (exact) mass is 315 g/mol. The molecule has 22 heavy (non-hydrogen) atoms. The van der Waals surface area contributed by atoms with Crippen LogP contribution in [0.2, 0.25) is 0 Å². The van der Waals surface area contributed by atoms with Crippen LogP contribution in [0.3, 0.4) is 0 Å². The van der Waals surface area contributed by atoms with Crippen molar-refractivity contribution in [1.29, 1.82) is 0 Å². The predicted molar refractivity (Wildman–Crippen MR) is 88.7 cm³/mol. The van der Waals surface area contributed by atoms with Crippen molar-refractivity contribution in [3.8, 4) is 0 Å². The summed E-state index contributed by atoms with van der Waals surface area (Å²) in [7, 11) is 1.98. The number of aryl methyl sites for hydroxylation is 1. The standard InChI is InChI=1S/C17H21N3OS/c1-20-10-9-18-17(20)16(13-5-6-13)19-15(21)11-12-3-7-14(22-2)8-4-12/h3-4,7-10,13,16H,5-6,11H2,1-2H3,(H,19,21)/t16-/m0/s1. The summed E-state index contributed by atoms with van der Waals surface area (Å²) in [5, 5.41) is 3.17. The number of imidazole rings is 1. The number of hydrogen-bond donors (Lipinski definition) is 1. The van der Waals surface area contributed by atoms with E-state index in [0.717, 1.165) is 11.4 Å². The Morgan fingerprint density at radius 2 is 2.14 bits per heavy atom. The Hall–Kier alpha value is -1.75. The molecule has 4 nitrogen and oxygen atoms in total. The Labute approximate surface area is 135 Å². The molecule has 1 aliphatic carbocycles. The largest absolute Gasteiger partial charge is 0.346 e. The molecule has 1 atom stereocenters. The molecular weight excluding hydrogens is 294 g/mol. The van der Waals surface area contributed by atoms with Crippen LogP contribution in [0.5, 0.6) is 0 Å². The highest BCUT2D eigenvalue weighted by Crippen LogP contribution is 2.40. The van der Waals surface area contributed by atoms with Gasteiger partial charge in [-0.1, -0.05) is 12.1 Å². The van der Waals surface area contributed by atoms with Gasteiger partial charge in [-0.25, -0.2) is 4.98 Å². The summed E-state index contributed by atoms with van der Waals surface area (Å²) < 4.78 is 2.00. The molecule has 1 aromatic heterocycles. The lowest BCUT2D eigenvalue weighted by Gasteiger charge is -2.18. The molecule has 1 N–H and O–H groups in total. The second kappa shape index (κ2) is 6.57. The molecule has 0 spiro atoms. The molecule has 1 amide bonds. The summed E-state index contributed by atoms with van der Waals surface area (Å²) in [5.74, 6) is 1.55. The zero-order chi connectivity index (χ0) is 15.5. The van der Waals surface area contributed by atoms with Gasteiger partial charge in [-0.05, 0) is 42.7 Å². The number of carbonyl (C=O) groups excluding carboxylic acids is 1. The van der Waals surface area contributed by atoms with Gasteiger partial charge in [0.1, 0.15) is 5.82 Å². The molecule has 0 saturated heterocycles. The van der Waals surface area contributed by atoms with Crippen LogP contribution < -0.4 is 5.32 Å². The average Bonchev–Trinajstić information content (AvgIpc) is 3.27. The highest BCUT2D eigenvalue weighted by atomic mass is 32.2. The third-order valence-corrected chi connectivity index (χ3v) is 4.81. The number of thioether (sulfide) groups is 1. The van der Waals surface area contributed by atoms with Crippen molar-refractivity contribution in [2.75, 3.05) is 6.26 Å². The summed E-state index contributed by atoms with van der Waals surface area (Å²) >= 11 is 1.71. The van der Waals surface area contributed by atoms with E-state index < -0.39 is 0 Å². The molecule has 0 unspecified atom stereocenters. The van der Waals surface area contributed by atoms with Crippen molar-refractivity contribution in [1.82, 2.24) is 14.9 Å². The number of rotatable bonds is 6. The molecule has 0 bridgehead atoms. The lowest BCUT2D eigenvalue weighted by molar-refractivity contribution is -0.121. The van der Waals surface area contributed by atoms with E-state index in [0.29, 0.717) is 12.3 Å². The van der Waals surface area contributed by atoms with Gasteiger partial charge in [-0.2, -0.15) is 0 Å². The Morgan fingerprint density at radius 1 is 1.41 bits per heavy atom. The van der Waals surface area contributed by atoms with Crippen molar-refractivity contribution < 1.29 is 4.79 Å². The van der Waals surface area contributed by atoms with Crippen molar-refractivity contribution in [2.24, 2.45) is 13.0 Å². The van der Waals surface area contributed by atoms with E-state index in [-0.39, 0.29) is 11.9 Å². The first-order chi connectivity index (χ1) is 10.7. The fourth-order valence-electron chi connectivity index (χ4n) is 2.65. The van der Waals surface area contributed by atoms with E-state index >= 15 is 0 Å². The Balaban J connectivity index is 1.65. The molecule has 0 aliphatic heterocycles. The molecular formula is C17H21N3OS. The first kappa shape index (κ1) is 15.2. The molecule has 116 valence electrons. The minimum atomic E-state index is 0.0398. The maximum atomic E-state index is 12.4. The molecule has 5 heteroatoms. The van der Waals surface area contributed by atoms with Gasteiger partial charge < -0.3 is 9.88 Å². The fourth-order valence-corrected chi connectivity index (χ4v) is 3.06. The molecule has 1 aliphatic rings. The third-order valence-electron chi connectivity index (χ3n) is 4.07. The molecule has 1 fully saturated rings. The van der Waals surface area contributed by atoms with Crippen LogP contribution in [0.1, 0.15) is 30.3 Å². The van der Waals surface area contributed by atoms with Gasteiger partial charge in [0.05, 0.1) is 12.5 Å². The van der Waals surface area contributed by atoms with Crippen LogP contribution in [-0.2, 0) is 18.3 Å². The van der Waals surface area contributed by atoms with Crippen LogP contribution in [0.15, 0.2) is 41.6 Å². The summed E-state index contributed by atoms with van der Waals surface area (Å²) in [4.78, 5) is 18.0. The van der Waals surface area contributed by atoms with E-state index in [2.05, 4.69) is 28.7 Å². The van der Waals surface area contributed by atoms with E-state index in [1.807, 2.05) is 29.9 Å². The van der Waals surface area contributed by atoms with Gasteiger partial charge in [0.2, 0.25) is 5.91 Å². The van der Waals surface area contributed by atoms with Gasteiger partial charge in [-0.15, -0.1) is 11.8 Å². The first-order valence-electron chi connectivity index (χ1n) is 7.57. The number of amides is 1. The normalized spacial score (nSPS) is 15.5. The van der Waals surface area contributed by atoms with Gasteiger partial charge in [0.15, 0.2) is 0 Å². The summed E-state index contributed by atoms with van der Waals surface area (Å²) in [6, 6.07) is 8.21. The van der Waals surface area contributed by atoms with Crippen LogP contribution in [-0.4, -0.2) is 21.7 Å². The molecule has 0 radical (unpaired) electrons. The highest BCUT2D eigenvalue weighted by Gasteiger charge is 2.35. The van der Waals surface area contributed by atoms with Crippen LogP contribution in [0, 0.1) is 5.92 Å². The van der Waals surface area contributed by atoms with E-state index in [9.17, 15) is 4.79 Å². The lowest BCUT2D eigenvalue weighted by atomic mass is 10.1. The summed E-state index contributed by atoms with van der Waals surface area (Å²) in [5.41, 5.74) is 1.05. The maximum Gasteiger partial charge on any atom is 0.225 e. The Kier molecular flexibility index (Phi) is 4.52. The number of hydrogen-bond acceptors (Lipinski definition) is 3. The fraction of sp³-hybridized carbons (Fsp3) is 0.412. The van der Waals surface area contributed by atoms with Gasteiger partial charge in [0.25, 0.3) is 0 Å². The zero-order valence-corrected chi connectivity index (χ0v) is 13.8. The van der Waals surface area contributed by atoms with Crippen molar-refractivity contribution in [3.63, 3.8) is 0 Å². The minimum absolute atomic E-state index is 0.0398. The van der Waals surface area contributed by atoms with Crippen molar-refractivity contribution in [2.45, 2.75) is 30.2 Å². The number of aromatic nitrogens is 2. The lowest BCUT2D eigenvalue weighted by Crippen LogP contribution is -2.32. The van der Waals surface area contributed by atoms with Crippen molar-refractivity contribution >= 4 is 17.7 Å². The van der Waals surface area contributed by atoms with E-state index in [1.54, 1.807) is 18.0 Å². The topological polar surface area (TPSA) is 46.9 Å². The minimum Gasteiger partial charge on any atom is -0.346 e. The number of nitrogens with one attached hydrogen (secondary N) is 1. The molecule has 1 aromatic carbocycles. The number of benzene rings is 1. The Morgan fingerprint density at radius 3 is 2.68 bits per heavy atom. The quantitative estimate of drug-likeness (QED) is 0.834. The molecule has 1 heterocycles. The van der Waals surface area contributed by atoms with E-state index in [4.69, 9.17) is 0 Å². The third kappa shape index (κ3) is 3.53. The first-order valence-corrected chi connectivity index (χ1v) is 8.79. The smallest absolute Gasteiger partial charge is 0.225 e. The molecule has 2 aromatic rings. The number of nitrogens with zero attached hydrogens (tertiary/aromatic N) is 2. The number of carbonyl (C=O) groups is 1. The van der Waals surface area contributed by atoms with Crippen LogP contribution in [0.4, 0.5) is 0 Å². The Bertz CT molecular complexity index is 646. The second-order valence-corrected chi connectivity index (χ2v) is 6.68. The SMILES string of the molecule is CSc1ccc(CC(=O)N[C@H](c2nccn2C)C2CC2)cc1.